The third-order valence-corrected chi connectivity index (χ3v) is 2.56. The van der Waals surface area contributed by atoms with Gasteiger partial charge in [-0.1, -0.05) is 13.8 Å². The van der Waals surface area contributed by atoms with Crippen molar-refractivity contribution in [3.05, 3.63) is 29.8 Å². The summed E-state index contributed by atoms with van der Waals surface area (Å²) >= 11 is 0.798. The molecule has 0 atom stereocenters. The Bertz CT molecular complexity index is 335. The van der Waals surface area contributed by atoms with Crippen LogP contribution in [0.25, 0.3) is 0 Å². The van der Waals surface area contributed by atoms with Crippen molar-refractivity contribution in [1.29, 1.82) is 0 Å². The average molecular weight is 234 g/mol. The van der Waals surface area contributed by atoms with Crippen LogP contribution < -0.4 is 4.18 Å². The lowest BCUT2D eigenvalue weighted by molar-refractivity contribution is 0.0975. The standard InChI is InChI=1S/C12H15BO2S/c1-9(2)3-8-12(14)10-4-6-11(7-5-10)15-16-13/h4-7,9H,3,8H2,1-2H3. The first-order chi connectivity index (χ1) is 7.63. The topological polar surface area (TPSA) is 26.3 Å². The molecule has 2 nitrogen and oxygen atoms in total. The van der Waals surface area contributed by atoms with E-state index in [4.69, 9.17) is 11.3 Å². The van der Waals surface area contributed by atoms with E-state index in [0.717, 1.165) is 23.9 Å². The van der Waals surface area contributed by atoms with Gasteiger partial charge in [-0.05, 0) is 48.5 Å². The maximum absolute atomic E-state index is 11.7. The highest BCUT2D eigenvalue weighted by Crippen LogP contribution is 2.17. The van der Waals surface area contributed by atoms with Crippen LogP contribution in [0.4, 0.5) is 0 Å². The van der Waals surface area contributed by atoms with Gasteiger partial charge in [0, 0.05) is 12.0 Å². The minimum Gasteiger partial charge on any atom is -0.439 e. The SMILES string of the molecule is [B]SOc1ccc(C(=O)CCC(C)C)cc1. The molecule has 0 aromatic heterocycles. The lowest BCUT2D eigenvalue weighted by atomic mass is 10.0. The Morgan fingerprint density at radius 1 is 1.38 bits per heavy atom. The summed E-state index contributed by atoms with van der Waals surface area (Å²) in [7, 11) is 5.17. The van der Waals surface area contributed by atoms with E-state index in [9.17, 15) is 4.79 Å². The Kier molecular flexibility index (Phi) is 5.46. The molecule has 0 amide bonds. The van der Waals surface area contributed by atoms with Crippen LogP contribution in [-0.4, -0.2) is 12.9 Å². The first kappa shape index (κ1) is 13.2. The lowest BCUT2D eigenvalue weighted by Crippen LogP contribution is -2.01. The van der Waals surface area contributed by atoms with E-state index in [2.05, 4.69) is 13.8 Å². The summed E-state index contributed by atoms with van der Waals surface area (Å²) in [5.74, 6) is 1.40. The molecule has 0 heterocycles. The zero-order valence-corrected chi connectivity index (χ0v) is 10.4. The second kappa shape index (κ2) is 6.64. The molecule has 0 aliphatic carbocycles. The predicted molar refractivity (Wildman–Crippen MR) is 68.8 cm³/mol. The van der Waals surface area contributed by atoms with Gasteiger partial charge in [0.15, 0.2) is 5.78 Å². The molecule has 2 radical (unpaired) electrons. The molecule has 4 heteroatoms. The van der Waals surface area contributed by atoms with Gasteiger partial charge in [-0.15, -0.1) is 0 Å². The van der Waals surface area contributed by atoms with Crippen LogP contribution in [-0.2, 0) is 0 Å². The predicted octanol–water partition coefficient (Wildman–Crippen LogP) is 3.42. The summed E-state index contributed by atoms with van der Waals surface area (Å²) < 4.78 is 5.02. The van der Waals surface area contributed by atoms with Crippen molar-refractivity contribution in [2.24, 2.45) is 5.92 Å². The van der Waals surface area contributed by atoms with Gasteiger partial charge in [0.25, 0.3) is 0 Å². The van der Waals surface area contributed by atoms with Crippen LogP contribution in [0.1, 0.15) is 37.0 Å². The molecule has 0 spiro atoms. The van der Waals surface area contributed by atoms with Gasteiger partial charge in [-0.2, -0.15) is 0 Å². The minimum absolute atomic E-state index is 0.181. The van der Waals surface area contributed by atoms with Crippen molar-refractivity contribution >= 4 is 24.8 Å². The maximum Gasteiger partial charge on any atom is 0.222 e. The molecule has 0 aliphatic heterocycles. The van der Waals surface area contributed by atoms with E-state index in [1.54, 1.807) is 24.3 Å². The second-order valence-electron chi connectivity index (χ2n) is 4.06. The molecule has 1 aromatic carbocycles. The van der Waals surface area contributed by atoms with Crippen LogP contribution >= 0.6 is 11.9 Å². The van der Waals surface area contributed by atoms with Gasteiger partial charge in [-0.25, -0.2) is 0 Å². The molecule has 0 N–H and O–H groups in total. The van der Waals surface area contributed by atoms with E-state index in [0.29, 0.717) is 18.1 Å². The zero-order valence-electron chi connectivity index (χ0n) is 9.60. The lowest BCUT2D eigenvalue weighted by Gasteiger charge is -2.05. The minimum atomic E-state index is 0.181. The largest absolute Gasteiger partial charge is 0.439 e. The van der Waals surface area contributed by atoms with Crippen LogP contribution in [0.3, 0.4) is 0 Å². The van der Waals surface area contributed by atoms with Crippen LogP contribution in [0.2, 0.25) is 0 Å². The third-order valence-electron chi connectivity index (χ3n) is 2.27. The molecule has 84 valence electrons. The first-order valence-electron chi connectivity index (χ1n) is 5.30. The van der Waals surface area contributed by atoms with Crippen molar-refractivity contribution in [3.8, 4) is 5.75 Å². The molecular formula is C12H15BO2S. The Morgan fingerprint density at radius 2 is 2.00 bits per heavy atom. The van der Waals surface area contributed by atoms with Gasteiger partial charge < -0.3 is 4.18 Å². The van der Waals surface area contributed by atoms with Crippen molar-refractivity contribution in [2.45, 2.75) is 26.7 Å². The highest BCUT2D eigenvalue weighted by Gasteiger charge is 2.06. The smallest absolute Gasteiger partial charge is 0.222 e. The van der Waals surface area contributed by atoms with Crippen LogP contribution in [0, 0.1) is 5.92 Å². The Labute approximate surface area is 102 Å². The summed E-state index contributed by atoms with van der Waals surface area (Å²) in [6.07, 6.45) is 1.53. The van der Waals surface area contributed by atoms with E-state index < -0.39 is 0 Å². The van der Waals surface area contributed by atoms with Crippen molar-refractivity contribution in [3.63, 3.8) is 0 Å². The summed E-state index contributed by atoms with van der Waals surface area (Å²) in [6.45, 7) is 4.23. The number of benzene rings is 1. The number of carbonyl (C=O) groups excluding carboxylic acids is 1. The molecule has 0 unspecified atom stereocenters. The maximum atomic E-state index is 11.7. The van der Waals surface area contributed by atoms with Gasteiger partial charge in [0.2, 0.25) is 7.12 Å². The Balaban J connectivity index is 2.56. The molecule has 1 aromatic rings. The highest BCUT2D eigenvalue weighted by atomic mass is 32.2. The number of Topliss-reactive ketones (excluding diaryl/α,β-unsaturated/α-hetero) is 1. The molecular weight excluding hydrogens is 219 g/mol. The number of carbonyl (C=O) groups is 1. The normalized spacial score (nSPS) is 10.4. The first-order valence-corrected chi connectivity index (χ1v) is 6.10. The summed E-state index contributed by atoms with van der Waals surface area (Å²) in [4.78, 5) is 11.7. The van der Waals surface area contributed by atoms with E-state index in [1.807, 2.05) is 0 Å². The van der Waals surface area contributed by atoms with Gasteiger partial charge in [0.05, 0.1) is 0 Å². The number of ketones is 1. The monoisotopic (exact) mass is 234 g/mol. The Morgan fingerprint density at radius 3 is 2.50 bits per heavy atom. The zero-order chi connectivity index (χ0) is 12.0. The summed E-state index contributed by atoms with van der Waals surface area (Å²) in [5, 5.41) is 0. The molecule has 1 rings (SSSR count). The van der Waals surface area contributed by atoms with Crippen molar-refractivity contribution in [1.82, 2.24) is 0 Å². The molecule has 16 heavy (non-hydrogen) atoms. The molecule has 0 fully saturated rings. The van der Waals surface area contributed by atoms with Crippen molar-refractivity contribution < 1.29 is 8.98 Å². The number of rotatable bonds is 6. The number of hydrogen-bond donors (Lipinski definition) is 0. The van der Waals surface area contributed by atoms with E-state index in [-0.39, 0.29) is 5.78 Å². The molecule has 0 aliphatic rings. The average Bonchev–Trinajstić information content (AvgIpc) is 2.27. The second-order valence-corrected chi connectivity index (χ2v) is 4.42. The summed E-state index contributed by atoms with van der Waals surface area (Å²) in [5.41, 5.74) is 0.732. The van der Waals surface area contributed by atoms with Crippen molar-refractivity contribution in [2.75, 3.05) is 0 Å². The van der Waals surface area contributed by atoms with Crippen LogP contribution in [0.15, 0.2) is 24.3 Å². The molecule has 0 saturated heterocycles. The fourth-order valence-corrected chi connectivity index (χ4v) is 1.54. The molecule has 0 saturated carbocycles. The van der Waals surface area contributed by atoms with Gasteiger partial charge in [-0.3, -0.25) is 4.79 Å². The fraction of sp³-hybridized carbons (Fsp3) is 0.417. The highest BCUT2D eigenvalue weighted by molar-refractivity contribution is 8.16. The van der Waals surface area contributed by atoms with E-state index in [1.165, 1.54) is 0 Å². The molecule has 0 bridgehead atoms. The van der Waals surface area contributed by atoms with Gasteiger partial charge in [0.1, 0.15) is 5.75 Å². The third kappa shape index (κ3) is 4.31. The van der Waals surface area contributed by atoms with E-state index >= 15 is 0 Å². The quantitative estimate of drug-likeness (QED) is 0.428. The fourth-order valence-electron chi connectivity index (χ4n) is 1.32. The summed E-state index contributed by atoms with van der Waals surface area (Å²) in [6, 6.07) is 7.05. The van der Waals surface area contributed by atoms with Gasteiger partial charge >= 0.3 is 0 Å². The Hall–Kier alpha value is -0.895. The number of hydrogen-bond acceptors (Lipinski definition) is 3. The van der Waals surface area contributed by atoms with Crippen LogP contribution in [0.5, 0.6) is 5.75 Å².